The summed E-state index contributed by atoms with van der Waals surface area (Å²) < 4.78 is 11.4. The fraction of sp³-hybridized carbons (Fsp3) is 0.273. The summed E-state index contributed by atoms with van der Waals surface area (Å²) in [6, 6.07) is 3.87. The van der Waals surface area contributed by atoms with E-state index in [0.717, 1.165) is 21.7 Å². The maximum absolute atomic E-state index is 12.4. The third-order valence-corrected chi connectivity index (χ3v) is 4.12. The molecular weight excluding hydrogens is 344 g/mol. The van der Waals surface area contributed by atoms with Crippen LogP contribution in [0.25, 0.3) is 6.08 Å². The lowest BCUT2D eigenvalue weighted by Crippen LogP contribution is -2.09. The molecule has 0 heterocycles. The minimum atomic E-state index is -0.274. The Hall–Kier alpha value is -2.46. The zero-order valence-electron chi connectivity index (χ0n) is 15.2. The highest BCUT2D eigenvalue weighted by Crippen LogP contribution is 2.31. The van der Waals surface area contributed by atoms with Crippen molar-refractivity contribution in [3.63, 3.8) is 0 Å². The number of ketones is 1. The number of allylic oxidation sites excluding steroid dienone is 6. The van der Waals surface area contributed by atoms with Gasteiger partial charge in [0.15, 0.2) is 5.78 Å². The first kappa shape index (κ1) is 19.9. The molecule has 0 bridgehead atoms. The number of ether oxygens (including phenoxy) is 2. The number of rotatable bonds is 9. The number of carbonyl (C=O) groups excluding carboxylic acids is 1. The molecule has 1 aliphatic rings. The second-order valence-corrected chi connectivity index (χ2v) is 6.21. The molecule has 1 aromatic carbocycles. The molecule has 0 radical (unpaired) electrons. The zero-order chi connectivity index (χ0) is 18.9. The van der Waals surface area contributed by atoms with E-state index in [4.69, 9.17) is 21.7 Å². The van der Waals surface area contributed by atoms with Gasteiger partial charge in [-0.15, -0.1) is 6.58 Å². The van der Waals surface area contributed by atoms with E-state index in [0.29, 0.717) is 25.4 Å². The van der Waals surface area contributed by atoms with Gasteiger partial charge >= 0.3 is 0 Å². The maximum Gasteiger partial charge on any atom is 0.166 e. The molecule has 3 nitrogen and oxygen atoms in total. The fourth-order valence-electron chi connectivity index (χ4n) is 2.63. The maximum atomic E-state index is 12.4. The third kappa shape index (κ3) is 5.27. The smallest absolute Gasteiger partial charge is 0.166 e. The first-order valence-electron chi connectivity index (χ1n) is 8.74. The molecule has 1 aromatic rings. The fourth-order valence-corrected chi connectivity index (χ4v) is 2.79. The second kappa shape index (κ2) is 9.88. The van der Waals surface area contributed by atoms with Crippen LogP contribution < -0.4 is 9.47 Å². The molecule has 0 aromatic heterocycles. The molecule has 1 aliphatic carbocycles. The lowest BCUT2D eigenvalue weighted by Gasteiger charge is -2.15. The highest BCUT2D eigenvalue weighted by Gasteiger charge is 2.13. The SMILES string of the molecule is C=CCc1cc(/C=C/C(=O)C2C=CC(=S)C=C2)c(OCC)cc1OCC. The van der Waals surface area contributed by atoms with Crippen molar-refractivity contribution in [2.24, 2.45) is 5.92 Å². The summed E-state index contributed by atoms with van der Waals surface area (Å²) in [7, 11) is 0. The van der Waals surface area contributed by atoms with Crippen LogP contribution in [0, 0.1) is 5.92 Å². The van der Waals surface area contributed by atoms with E-state index in [-0.39, 0.29) is 11.7 Å². The van der Waals surface area contributed by atoms with E-state index in [1.807, 2.05) is 44.2 Å². The Kier molecular flexibility index (Phi) is 7.54. The molecule has 0 fully saturated rings. The Morgan fingerprint density at radius 3 is 2.42 bits per heavy atom. The molecule has 0 spiro atoms. The molecule has 0 atom stereocenters. The Labute approximate surface area is 160 Å². The summed E-state index contributed by atoms with van der Waals surface area (Å²) in [6.45, 7) is 8.79. The average molecular weight is 368 g/mol. The summed E-state index contributed by atoms with van der Waals surface area (Å²) in [5, 5.41) is 0. The Morgan fingerprint density at radius 1 is 1.15 bits per heavy atom. The van der Waals surface area contributed by atoms with Crippen LogP contribution in [0.5, 0.6) is 11.5 Å². The number of hydrogen-bond acceptors (Lipinski definition) is 4. The molecule has 0 unspecified atom stereocenters. The Balaban J connectivity index is 2.30. The molecule has 0 N–H and O–H groups in total. The van der Waals surface area contributed by atoms with Gasteiger partial charge in [-0.1, -0.05) is 30.4 Å². The first-order chi connectivity index (χ1) is 12.6. The number of hydrogen-bond donors (Lipinski definition) is 0. The summed E-state index contributed by atoms with van der Waals surface area (Å²) in [4.78, 5) is 13.1. The van der Waals surface area contributed by atoms with Crippen LogP contribution in [0.3, 0.4) is 0 Å². The van der Waals surface area contributed by atoms with Crippen molar-refractivity contribution in [2.75, 3.05) is 13.2 Å². The molecule has 0 saturated heterocycles. The van der Waals surface area contributed by atoms with Crippen LogP contribution in [0.15, 0.2) is 55.2 Å². The highest BCUT2D eigenvalue weighted by molar-refractivity contribution is 7.81. The normalized spacial score (nSPS) is 14.0. The predicted molar refractivity (Wildman–Crippen MR) is 111 cm³/mol. The zero-order valence-corrected chi connectivity index (χ0v) is 16.1. The largest absolute Gasteiger partial charge is 0.493 e. The predicted octanol–water partition coefficient (Wildman–Crippen LogP) is 4.91. The number of carbonyl (C=O) groups is 1. The molecule has 0 saturated carbocycles. The van der Waals surface area contributed by atoms with Crippen LogP contribution >= 0.6 is 12.2 Å². The van der Waals surface area contributed by atoms with E-state index in [2.05, 4.69) is 6.58 Å². The van der Waals surface area contributed by atoms with Crippen molar-refractivity contribution in [3.8, 4) is 11.5 Å². The molecule has 2 rings (SSSR count). The Morgan fingerprint density at radius 2 is 1.81 bits per heavy atom. The standard InChI is InChI=1S/C22H24O3S/c1-4-7-17-14-18(22(25-6-3)15-21(17)24-5-2)10-13-20(23)16-8-11-19(26)12-9-16/h4,8-16H,1,5-7H2,2-3H3/b13-10+. The van der Waals surface area contributed by atoms with E-state index in [9.17, 15) is 4.79 Å². The first-order valence-corrected chi connectivity index (χ1v) is 9.15. The van der Waals surface area contributed by atoms with Crippen molar-refractivity contribution in [2.45, 2.75) is 20.3 Å². The topological polar surface area (TPSA) is 35.5 Å². The minimum Gasteiger partial charge on any atom is -0.493 e. The lowest BCUT2D eigenvalue weighted by molar-refractivity contribution is -0.115. The van der Waals surface area contributed by atoms with Crippen molar-refractivity contribution in [1.82, 2.24) is 0 Å². The van der Waals surface area contributed by atoms with Gasteiger partial charge in [0.2, 0.25) is 0 Å². The van der Waals surface area contributed by atoms with Gasteiger partial charge < -0.3 is 9.47 Å². The van der Waals surface area contributed by atoms with Crippen LogP contribution in [0.4, 0.5) is 0 Å². The molecule has 0 aliphatic heterocycles. The Bertz CT molecular complexity index is 756. The van der Waals surface area contributed by atoms with Crippen LogP contribution in [-0.2, 0) is 11.2 Å². The number of benzene rings is 1. The minimum absolute atomic E-state index is 0.00149. The van der Waals surface area contributed by atoms with E-state index < -0.39 is 0 Å². The molecule has 0 amide bonds. The summed E-state index contributed by atoms with van der Waals surface area (Å²) in [5.74, 6) is 1.21. The monoisotopic (exact) mass is 368 g/mol. The van der Waals surface area contributed by atoms with E-state index in [1.54, 1.807) is 24.3 Å². The summed E-state index contributed by atoms with van der Waals surface area (Å²) in [5.41, 5.74) is 1.86. The molecule has 4 heteroatoms. The molecule has 136 valence electrons. The van der Waals surface area contributed by atoms with Gasteiger partial charge in [-0.25, -0.2) is 0 Å². The lowest BCUT2D eigenvalue weighted by atomic mass is 9.97. The van der Waals surface area contributed by atoms with Crippen molar-refractivity contribution in [1.29, 1.82) is 0 Å². The van der Waals surface area contributed by atoms with Crippen LogP contribution in [0.1, 0.15) is 25.0 Å². The van der Waals surface area contributed by atoms with Gasteiger partial charge in [0, 0.05) is 16.5 Å². The van der Waals surface area contributed by atoms with Crippen molar-refractivity contribution >= 4 is 28.9 Å². The van der Waals surface area contributed by atoms with Gasteiger partial charge in [-0.2, -0.15) is 0 Å². The van der Waals surface area contributed by atoms with Crippen molar-refractivity contribution < 1.29 is 14.3 Å². The van der Waals surface area contributed by atoms with Crippen molar-refractivity contribution in [3.05, 3.63) is 66.3 Å². The van der Waals surface area contributed by atoms with Gasteiger partial charge in [0.1, 0.15) is 11.5 Å². The van der Waals surface area contributed by atoms with E-state index in [1.165, 1.54) is 0 Å². The average Bonchev–Trinajstić information content (AvgIpc) is 2.63. The van der Waals surface area contributed by atoms with Crippen LogP contribution in [0.2, 0.25) is 0 Å². The summed E-state index contributed by atoms with van der Waals surface area (Å²) >= 11 is 5.07. The number of thiocarbonyl (C=S) groups is 1. The summed E-state index contributed by atoms with van der Waals surface area (Å²) in [6.07, 6.45) is 13.1. The second-order valence-electron chi connectivity index (χ2n) is 5.74. The van der Waals surface area contributed by atoms with Gasteiger partial charge in [-0.3, -0.25) is 4.79 Å². The van der Waals surface area contributed by atoms with Gasteiger partial charge in [0.05, 0.1) is 19.1 Å². The third-order valence-electron chi connectivity index (χ3n) is 3.85. The van der Waals surface area contributed by atoms with Gasteiger partial charge in [-0.05, 0) is 56.2 Å². The molecular formula is C22H24O3S. The van der Waals surface area contributed by atoms with Gasteiger partial charge in [0.25, 0.3) is 0 Å². The quantitative estimate of drug-likeness (QED) is 0.353. The molecule has 26 heavy (non-hydrogen) atoms. The van der Waals surface area contributed by atoms with E-state index >= 15 is 0 Å². The van der Waals surface area contributed by atoms with Crippen LogP contribution in [-0.4, -0.2) is 23.9 Å². The highest BCUT2D eigenvalue weighted by atomic mass is 32.1.